The van der Waals surface area contributed by atoms with E-state index in [0.717, 1.165) is 19.6 Å². The molecule has 0 aliphatic carbocycles. The first-order valence-corrected chi connectivity index (χ1v) is 7.54. The largest absolute Gasteiger partial charge is 0.335 e. The number of amides is 1. The van der Waals surface area contributed by atoms with Gasteiger partial charge in [0.15, 0.2) is 0 Å². The summed E-state index contributed by atoms with van der Waals surface area (Å²) in [5, 5.41) is 0.653. The molecule has 0 radical (unpaired) electrons. The first-order valence-electron chi connectivity index (χ1n) is 7.16. The van der Waals surface area contributed by atoms with Gasteiger partial charge in [-0.15, -0.1) is 0 Å². The number of likely N-dealkylation sites (N-methyl/N-ethyl adjacent to an activating group) is 1. The molecule has 1 aliphatic heterocycles. The lowest BCUT2D eigenvalue weighted by atomic mass is 10.0. The van der Waals surface area contributed by atoms with Gasteiger partial charge in [0.05, 0.1) is 0 Å². The molecule has 1 amide bonds. The van der Waals surface area contributed by atoms with Crippen LogP contribution < -0.4 is 0 Å². The fraction of sp³-hybridized carbons (Fsp3) is 0.562. The molecule has 1 aliphatic rings. The van der Waals surface area contributed by atoms with Crippen LogP contribution in [0.4, 0.5) is 0 Å². The second kappa shape index (κ2) is 6.15. The Kier molecular flexibility index (Phi) is 4.71. The molecule has 3 nitrogen and oxygen atoms in total. The van der Waals surface area contributed by atoms with Crippen molar-refractivity contribution in [3.63, 3.8) is 0 Å². The second-order valence-electron chi connectivity index (χ2n) is 6.17. The number of nitrogens with zero attached hydrogens (tertiary/aromatic N) is 2. The Morgan fingerprint density at radius 3 is 2.35 bits per heavy atom. The summed E-state index contributed by atoms with van der Waals surface area (Å²) in [6.45, 7) is 7.46. The van der Waals surface area contributed by atoms with E-state index < -0.39 is 0 Å². The summed E-state index contributed by atoms with van der Waals surface area (Å²) in [5.74, 6) is 0.0471. The molecule has 4 heteroatoms. The fourth-order valence-corrected chi connectivity index (χ4v) is 2.78. The van der Waals surface area contributed by atoms with Crippen molar-refractivity contribution in [2.75, 3.05) is 26.7 Å². The SMILES string of the molecule is CN(C(=O)c1ccc(Cl)cc1)C(C)(C)CN1CCCC1. The van der Waals surface area contributed by atoms with E-state index in [1.807, 2.05) is 11.9 Å². The standard InChI is InChI=1S/C16H23ClN2O/c1-16(2,12-19-10-4-5-11-19)18(3)15(20)13-6-8-14(17)9-7-13/h6-9H,4-5,10-12H2,1-3H3. The van der Waals surface area contributed by atoms with Crippen LogP contribution in [0.25, 0.3) is 0 Å². The third-order valence-electron chi connectivity index (χ3n) is 4.11. The zero-order chi connectivity index (χ0) is 14.8. The van der Waals surface area contributed by atoms with Crippen molar-refractivity contribution in [1.29, 1.82) is 0 Å². The highest BCUT2D eigenvalue weighted by Crippen LogP contribution is 2.21. The number of benzene rings is 1. The Morgan fingerprint density at radius 1 is 1.25 bits per heavy atom. The van der Waals surface area contributed by atoms with Crippen LogP contribution in [0.2, 0.25) is 5.02 Å². The summed E-state index contributed by atoms with van der Waals surface area (Å²) < 4.78 is 0. The van der Waals surface area contributed by atoms with E-state index >= 15 is 0 Å². The lowest BCUT2D eigenvalue weighted by molar-refractivity contribution is 0.0555. The van der Waals surface area contributed by atoms with Gasteiger partial charge in [0, 0.05) is 29.7 Å². The highest BCUT2D eigenvalue weighted by molar-refractivity contribution is 6.30. The molecule has 1 aromatic carbocycles. The van der Waals surface area contributed by atoms with E-state index in [9.17, 15) is 4.79 Å². The molecule has 1 saturated heterocycles. The summed E-state index contributed by atoms with van der Waals surface area (Å²) in [6.07, 6.45) is 2.54. The topological polar surface area (TPSA) is 23.6 Å². The van der Waals surface area contributed by atoms with E-state index in [4.69, 9.17) is 11.6 Å². The third-order valence-corrected chi connectivity index (χ3v) is 4.37. The highest BCUT2D eigenvalue weighted by atomic mass is 35.5. The molecule has 1 fully saturated rings. The van der Waals surface area contributed by atoms with Crippen LogP contribution in [-0.4, -0.2) is 47.9 Å². The number of hydrogen-bond donors (Lipinski definition) is 0. The van der Waals surface area contributed by atoms with E-state index in [1.54, 1.807) is 24.3 Å². The van der Waals surface area contributed by atoms with Gasteiger partial charge in [-0.1, -0.05) is 11.6 Å². The van der Waals surface area contributed by atoms with Gasteiger partial charge in [-0.2, -0.15) is 0 Å². The minimum absolute atomic E-state index is 0.0471. The average Bonchev–Trinajstić information content (AvgIpc) is 2.90. The molecular weight excluding hydrogens is 272 g/mol. The molecule has 20 heavy (non-hydrogen) atoms. The lowest BCUT2D eigenvalue weighted by Gasteiger charge is -2.38. The van der Waals surface area contributed by atoms with Gasteiger partial charge in [0.1, 0.15) is 0 Å². The van der Waals surface area contributed by atoms with Crippen molar-refractivity contribution in [2.24, 2.45) is 0 Å². The predicted molar refractivity (Wildman–Crippen MR) is 83.3 cm³/mol. The Balaban J connectivity index is 2.06. The van der Waals surface area contributed by atoms with Crippen LogP contribution in [0, 0.1) is 0 Å². The molecule has 0 atom stereocenters. The maximum absolute atomic E-state index is 12.5. The minimum Gasteiger partial charge on any atom is -0.335 e. The fourth-order valence-electron chi connectivity index (χ4n) is 2.66. The first-order chi connectivity index (χ1) is 9.40. The summed E-state index contributed by atoms with van der Waals surface area (Å²) in [5.41, 5.74) is 0.507. The Hall–Kier alpha value is -1.06. The van der Waals surface area contributed by atoms with E-state index in [0.29, 0.717) is 10.6 Å². The van der Waals surface area contributed by atoms with Crippen LogP contribution in [0.5, 0.6) is 0 Å². The normalized spacial score (nSPS) is 16.4. The molecule has 0 aromatic heterocycles. The van der Waals surface area contributed by atoms with Crippen LogP contribution in [-0.2, 0) is 0 Å². The van der Waals surface area contributed by atoms with Crippen LogP contribution >= 0.6 is 11.6 Å². The molecule has 0 spiro atoms. The molecule has 110 valence electrons. The van der Waals surface area contributed by atoms with Crippen molar-refractivity contribution in [2.45, 2.75) is 32.2 Å². The zero-order valence-electron chi connectivity index (χ0n) is 12.5. The number of halogens is 1. The van der Waals surface area contributed by atoms with Gasteiger partial charge in [0.25, 0.3) is 5.91 Å². The number of likely N-dealkylation sites (tertiary alicyclic amines) is 1. The Morgan fingerprint density at radius 2 is 1.80 bits per heavy atom. The van der Waals surface area contributed by atoms with Gasteiger partial charge in [-0.3, -0.25) is 4.79 Å². The summed E-state index contributed by atoms with van der Waals surface area (Å²) in [4.78, 5) is 16.8. The maximum Gasteiger partial charge on any atom is 0.254 e. The van der Waals surface area contributed by atoms with Gasteiger partial charge in [-0.05, 0) is 64.0 Å². The Labute approximate surface area is 126 Å². The van der Waals surface area contributed by atoms with E-state index in [1.165, 1.54) is 12.8 Å². The van der Waals surface area contributed by atoms with Crippen molar-refractivity contribution in [1.82, 2.24) is 9.80 Å². The first kappa shape index (κ1) is 15.3. The van der Waals surface area contributed by atoms with Gasteiger partial charge < -0.3 is 9.80 Å². The molecular formula is C16H23ClN2O. The summed E-state index contributed by atoms with van der Waals surface area (Å²) in [6, 6.07) is 7.09. The van der Waals surface area contributed by atoms with Gasteiger partial charge in [-0.25, -0.2) is 0 Å². The molecule has 0 unspecified atom stereocenters. The maximum atomic E-state index is 12.5. The quantitative estimate of drug-likeness (QED) is 0.851. The molecule has 0 bridgehead atoms. The van der Waals surface area contributed by atoms with Crippen molar-refractivity contribution in [3.05, 3.63) is 34.9 Å². The lowest BCUT2D eigenvalue weighted by Crippen LogP contribution is -2.51. The van der Waals surface area contributed by atoms with Crippen molar-refractivity contribution >= 4 is 17.5 Å². The number of carbonyl (C=O) groups is 1. The van der Waals surface area contributed by atoms with Gasteiger partial charge in [0.2, 0.25) is 0 Å². The molecule has 0 saturated carbocycles. The predicted octanol–water partition coefficient (Wildman–Crippen LogP) is 3.29. The zero-order valence-corrected chi connectivity index (χ0v) is 13.3. The van der Waals surface area contributed by atoms with E-state index in [-0.39, 0.29) is 11.4 Å². The van der Waals surface area contributed by atoms with Crippen LogP contribution in [0.15, 0.2) is 24.3 Å². The summed E-state index contributed by atoms with van der Waals surface area (Å²) >= 11 is 5.87. The molecule has 0 N–H and O–H groups in total. The monoisotopic (exact) mass is 294 g/mol. The summed E-state index contributed by atoms with van der Waals surface area (Å²) in [7, 11) is 1.88. The molecule has 2 rings (SSSR count). The molecule has 1 aromatic rings. The number of hydrogen-bond acceptors (Lipinski definition) is 2. The van der Waals surface area contributed by atoms with Crippen LogP contribution in [0.3, 0.4) is 0 Å². The van der Waals surface area contributed by atoms with E-state index in [2.05, 4.69) is 18.7 Å². The Bertz CT molecular complexity index is 464. The second-order valence-corrected chi connectivity index (χ2v) is 6.60. The van der Waals surface area contributed by atoms with Crippen LogP contribution in [0.1, 0.15) is 37.0 Å². The van der Waals surface area contributed by atoms with Crippen molar-refractivity contribution < 1.29 is 4.79 Å². The third kappa shape index (κ3) is 3.53. The smallest absolute Gasteiger partial charge is 0.254 e. The molecule has 1 heterocycles. The number of carbonyl (C=O) groups excluding carboxylic acids is 1. The minimum atomic E-state index is -0.180. The highest BCUT2D eigenvalue weighted by Gasteiger charge is 2.31. The van der Waals surface area contributed by atoms with Gasteiger partial charge >= 0.3 is 0 Å². The number of rotatable bonds is 4. The average molecular weight is 295 g/mol. The van der Waals surface area contributed by atoms with Crippen molar-refractivity contribution in [3.8, 4) is 0 Å².